The molecule has 106 valence electrons. The minimum atomic E-state index is -0.954. The molecular weight excluding hydrogens is 259 g/mol. The molecule has 0 spiro atoms. The van der Waals surface area contributed by atoms with Crippen LogP contribution in [0.25, 0.3) is 0 Å². The van der Waals surface area contributed by atoms with Crippen LogP contribution in [-0.2, 0) is 4.79 Å². The quantitative estimate of drug-likeness (QED) is 0.886. The lowest BCUT2D eigenvalue weighted by atomic mass is 9.83. The molecule has 1 aliphatic carbocycles. The van der Waals surface area contributed by atoms with Gasteiger partial charge in [-0.3, -0.25) is 0 Å². The lowest BCUT2D eigenvalue weighted by Gasteiger charge is -2.29. The van der Waals surface area contributed by atoms with E-state index in [9.17, 15) is 14.3 Å². The van der Waals surface area contributed by atoms with Crippen LogP contribution in [0, 0.1) is 23.1 Å². The van der Waals surface area contributed by atoms with E-state index in [1.807, 2.05) is 0 Å². The predicted molar refractivity (Wildman–Crippen MR) is 72.7 cm³/mol. The van der Waals surface area contributed by atoms with Crippen molar-refractivity contribution in [1.82, 2.24) is 0 Å². The molecule has 4 nitrogen and oxygen atoms in total. The summed E-state index contributed by atoms with van der Waals surface area (Å²) in [5, 5.41) is 21.2. The summed E-state index contributed by atoms with van der Waals surface area (Å²) < 4.78 is 13.5. The van der Waals surface area contributed by atoms with Gasteiger partial charge in [-0.05, 0) is 30.9 Å². The van der Waals surface area contributed by atoms with E-state index in [-0.39, 0.29) is 17.2 Å². The molecule has 1 atom stereocenters. The smallest absolute Gasteiger partial charge is 0.326 e. The number of nitriles is 1. The highest BCUT2D eigenvalue weighted by atomic mass is 19.1. The first-order chi connectivity index (χ1) is 9.63. The average molecular weight is 276 g/mol. The fraction of sp³-hybridized carbons (Fsp3) is 0.467. The van der Waals surface area contributed by atoms with Crippen LogP contribution in [0.1, 0.15) is 37.7 Å². The van der Waals surface area contributed by atoms with Crippen molar-refractivity contribution in [2.45, 2.75) is 38.1 Å². The van der Waals surface area contributed by atoms with Gasteiger partial charge in [-0.1, -0.05) is 25.3 Å². The van der Waals surface area contributed by atoms with Gasteiger partial charge in [0.2, 0.25) is 0 Å². The molecule has 20 heavy (non-hydrogen) atoms. The number of aliphatic carboxylic acids is 1. The Bertz CT molecular complexity index is 533. The third kappa shape index (κ3) is 3.08. The highest BCUT2D eigenvalue weighted by molar-refractivity contribution is 5.78. The summed E-state index contributed by atoms with van der Waals surface area (Å²) in [5.74, 6) is -1.56. The monoisotopic (exact) mass is 276 g/mol. The van der Waals surface area contributed by atoms with Crippen LogP contribution in [0.2, 0.25) is 0 Å². The molecule has 0 amide bonds. The third-order valence-electron chi connectivity index (χ3n) is 3.82. The van der Waals surface area contributed by atoms with Gasteiger partial charge in [0.1, 0.15) is 23.5 Å². The van der Waals surface area contributed by atoms with Crippen molar-refractivity contribution in [1.29, 1.82) is 5.26 Å². The van der Waals surface area contributed by atoms with E-state index in [1.165, 1.54) is 12.1 Å². The van der Waals surface area contributed by atoms with Gasteiger partial charge in [-0.2, -0.15) is 5.26 Å². The van der Waals surface area contributed by atoms with Crippen molar-refractivity contribution >= 4 is 11.7 Å². The second kappa shape index (κ2) is 6.38. The Morgan fingerprint density at radius 1 is 1.40 bits per heavy atom. The maximum atomic E-state index is 13.5. The number of nitrogens with one attached hydrogen (secondary N) is 1. The van der Waals surface area contributed by atoms with Crippen LogP contribution in [0.4, 0.5) is 10.1 Å². The standard InChI is InChI=1S/C15H17FN2O2/c16-12-7-4-8-13(11(12)9-17)18-14(15(19)20)10-5-2-1-3-6-10/h4,7-8,10,14,18H,1-3,5-6H2,(H,19,20). The van der Waals surface area contributed by atoms with Crippen LogP contribution in [0.3, 0.4) is 0 Å². The Morgan fingerprint density at radius 2 is 2.10 bits per heavy atom. The third-order valence-corrected chi connectivity index (χ3v) is 3.82. The molecule has 2 rings (SSSR count). The zero-order chi connectivity index (χ0) is 14.5. The van der Waals surface area contributed by atoms with E-state index >= 15 is 0 Å². The van der Waals surface area contributed by atoms with Crippen molar-refractivity contribution in [3.05, 3.63) is 29.6 Å². The van der Waals surface area contributed by atoms with Gasteiger partial charge < -0.3 is 10.4 Å². The zero-order valence-electron chi connectivity index (χ0n) is 11.1. The zero-order valence-corrected chi connectivity index (χ0v) is 11.1. The van der Waals surface area contributed by atoms with Gasteiger partial charge in [-0.15, -0.1) is 0 Å². The molecule has 1 aromatic carbocycles. The molecule has 0 aliphatic heterocycles. The van der Waals surface area contributed by atoms with Crippen molar-refractivity contribution in [2.24, 2.45) is 5.92 Å². The van der Waals surface area contributed by atoms with E-state index in [1.54, 1.807) is 12.1 Å². The average Bonchev–Trinajstić information content (AvgIpc) is 2.45. The molecular formula is C15H17FN2O2. The van der Waals surface area contributed by atoms with Crippen LogP contribution < -0.4 is 5.32 Å². The summed E-state index contributed by atoms with van der Waals surface area (Å²) in [5.41, 5.74) is 0.125. The molecule has 1 unspecified atom stereocenters. The van der Waals surface area contributed by atoms with E-state index < -0.39 is 17.8 Å². The second-order valence-electron chi connectivity index (χ2n) is 5.13. The lowest BCUT2D eigenvalue weighted by Crippen LogP contribution is -2.38. The molecule has 0 aromatic heterocycles. The number of halogens is 1. The highest BCUT2D eigenvalue weighted by Crippen LogP contribution is 2.29. The number of carboxylic acids is 1. The Balaban J connectivity index is 2.22. The summed E-state index contributed by atoms with van der Waals surface area (Å²) in [6.07, 6.45) is 4.86. The van der Waals surface area contributed by atoms with Gasteiger partial charge in [0.25, 0.3) is 0 Å². The molecule has 1 saturated carbocycles. The van der Waals surface area contributed by atoms with Crippen LogP contribution in [0.5, 0.6) is 0 Å². The Morgan fingerprint density at radius 3 is 2.70 bits per heavy atom. The van der Waals surface area contributed by atoms with Crippen molar-refractivity contribution in [3.63, 3.8) is 0 Å². The van der Waals surface area contributed by atoms with Gasteiger partial charge in [0, 0.05) is 0 Å². The normalized spacial score (nSPS) is 17.2. The lowest BCUT2D eigenvalue weighted by molar-refractivity contribution is -0.139. The Kier molecular flexibility index (Phi) is 4.57. The Labute approximate surface area is 117 Å². The van der Waals surface area contributed by atoms with Crippen molar-refractivity contribution in [2.75, 3.05) is 5.32 Å². The molecule has 0 saturated heterocycles. The van der Waals surface area contributed by atoms with E-state index in [2.05, 4.69) is 5.32 Å². The number of carbonyl (C=O) groups is 1. The number of hydrogen-bond donors (Lipinski definition) is 2. The fourth-order valence-electron chi connectivity index (χ4n) is 2.77. The number of nitrogens with zero attached hydrogens (tertiary/aromatic N) is 1. The van der Waals surface area contributed by atoms with E-state index in [0.29, 0.717) is 0 Å². The van der Waals surface area contributed by atoms with E-state index in [0.717, 1.165) is 32.1 Å². The SMILES string of the molecule is N#Cc1c(F)cccc1NC(C(=O)O)C1CCCCC1. The van der Waals surface area contributed by atoms with Crippen molar-refractivity contribution in [3.8, 4) is 6.07 Å². The largest absolute Gasteiger partial charge is 0.480 e. The minimum Gasteiger partial charge on any atom is -0.480 e. The summed E-state index contributed by atoms with van der Waals surface area (Å²) >= 11 is 0. The number of rotatable bonds is 4. The van der Waals surface area contributed by atoms with Crippen LogP contribution in [0.15, 0.2) is 18.2 Å². The Hall–Kier alpha value is -2.09. The minimum absolute atomic E-state index is 0.0241. The molecule has 0 radical (unpaired) electrons. The van der Waals surface area contributed by atoms with E-state index in [4.69, 9.17) is 5.26 Å². The molecule has 1 aliphatic rings. The predicted octanol–water partition coefficient (Wildman–Crippen LogP) is 3.14. The number of carboxylic acid groups (broad SMARTS) is 1. The first-order valence-electron chi connectivity index (χ1n) is 6.81. The topological polar surface area (TPSA) is 73.1 Å². The number of anilines is 1. The summed E-state index contributed by atoms with van der Waals surface area (Å²) in [6, 6.07) is 5.21. The second-order valence-corrected chi connectivity index (χ2v) is 5.13. The van der Waals surface area contributed by atoms with Crippen molar-refractivity contribution < 1.29 is 14.3 Å². The maximum absolute atomic E-state index is 13.5. The molecule has 0 heterocycles. The molecule has 1 fully saturated rings. The first-order valence-corrected chi connectivity index (χ1v) is 6.81. The summed E-state index contributed by atoms with van der Waals surface area (Å²) in [4.78, 5) is 11.4. The van der Waals surface area contributed by atoms with Gasteiger partial charge in [0.15, 0.2) is 0 Å². The van der Waals surface area contributed by atoms with Gasteiger partial charge >= 0.3 is 5.97 Å². The highest BCUT2D eigenvalue weighted by Gasteiger charge is 2.30. The molecule has 2 N–H and O–H groups in total. The molecule has 1 aromatic rings. The van der Waals surface area contributed by atoms with Gasteiger partial charge in [-0.25, -0.2) is 9.18 Å². The van der Waals surface area contributed by atoms with Crippen LogP contribution in [-0.4, -0.2) is 17.1 Å². The molecule has 5 heteroatoms. The summed E-state index contributed by atoms with van der Waals surface area (Å²) in [6.45, 7) is 0. The maximum Gasteiger partial charge on any atom is 0.326 e. The fourth-order valence-corrected chi connectivity index (χ4v) is 2.77. The summed E-state index contributed by atoms with van der Waals surface area (Å²) in [7, 11) is 0. The number of hydrogen-bond acceptors (Lipinski definition) is 3. The van der Waals surface area contributed by atoms with Gasteiger partial charge in [0.05, 0.1) is 5.69 Å². The first kappa shape index (κ1) is 14.3. The number of benzene rings is 1. The van der Waals surface area contributed by atoms with Crippen LogP contribution >= 0.6 is 0 Å². The molecule has 0 bridgehead atoms.